The number of aliphatic carboxylic acids is 3. The van der Waals surface area contributed by atoms with Crippen LogP contribution in [0.3, 0.4) is 0 Å². The third-order valence-electron chi connectivity index (χ3n) is 5.31. The van der Waals surface area contributed by atoms with Crippen molar-refractivity contribution < 1.29 is 29.7 Å². The topological polar surface area (TPSA) is 130 Å². The van der Waals surface area contributed by atoms with Crippen LogP contribution in [-0.4, -0.2) is 42.8 Å². The molecule has 0 aliphatic carbocycles. The van der Waals surface area contributed by atoms with Crippen molar-refractivity contribution in [2.75, 3.05) is 0 Å². The number of hydrogen-bond acceptors (Lipinski definition) is 4. The zero-order valence-corrected chi connectivity index (χ0v) is 14.8. The minimum atomic E-state index is -2.94. The van der Waals surface area contributed by atoms with Crippen LogP contribution in [0.15, 0.2) is 42.5 Å². The van der Waals surface area contributed by atoms with Crippen molar-refractivity contribution in [2.24, 2.45) is 5.41 Å². The van der Waals surface area contributed by atoms with Gasteiger partial charge in [0.1, 0.15) is 5.82 Å². The minimum Gasteiger partial charge on any atom is -0.480 e. The normalized spacial score (nSPS) is 15.2. The molecule has 3 N–H and O–H groups in total. The number of rotatable bonds is 6. The zero-order valence-electron chi connectivity index (χ0n) is 14.8. The molecule has 28 heavy (non-hydrogen) atoms. The van der Waals surface area contributed by atoms with Crippen molar-refractivity contribution >= 4 is 28.9 Å². The van der Waals surface area contributed by atoms with E-state index in [0.29, 0.717) is 5.56 Å². The quantitative estimate of drug-likeness (QED) is 0.437. The summed E-state index contributed by atoms with van der Waals surface area (Å²) in [5.74, 6) is -4.88. The first-order chi connectivity index (χ1) is 13.3. The second-order valence-corrected chi connectivity index (χ2v) is 6.89. The minimum absolute atomic E-state index is 0.161. The van der Waals surface area contributed by atoms with Crippen molar-refractivity contribution in [1.82, 2.24) is 9.55 Å². The summed E-state index contributed by atoms with van der Waals surface area (Å²) in [5, 5.41) is 28.0. The number of aromatic nitrogens is 2. The predicted molar refractivity (Wildman–Crippen MR) is 97.2 cm³/mol. The Balaban J connectivity index is 1.78. The van der Waals surface area contributed by atoms with Crippen molar-refractivity contribution in [3.8, 4) is 0 Å². The van der Waals surface area contributed by atoms with Crippen LogP contribution in [0.2, 0.25) is 0 Å². The second-order valence-electron chi connectivity index (χ2n) is 6.89. The van der Waals surface area contributed by atoms with Gasteiger partial charge in [-0.25, -0.2) is 4.98 Å². The Labute approximate surface area is 158 Å². The summed E-state index contributed by atoms with van der Waals surface area (Å²) < 4.78 is 2.06. The molecule has 4 rings (SSSR count). The van der Waals surface area contributed by atoms with Crippen LogP contribution in [0, 0.1) is 12.3 Å². The van der Waals surface area contributed by atoms with E-state index in [0.717, 1.165) is 28.0 Å². The van der Waals surface area contributed by atoms with Gasteiger partial charge in [-0.3, -0.25) is 14.4 Å². The van der Waals surface area contributed by atoms with Crippen LogP contribution >= 0.6 is 0 Å². The number of carbonyl (C=O) groups is 3. The van der Waals surface area contributed by atoms with Gasteiger partial charge in [-0.2, -0.15) is 0 Å². The standard InChI is InChI=1S/C20H16N2O6/c1-10-21-15-13-6-3-7-14(15)22(10)16(13)12-5-2-4-11(8-12)9-20(17(23)24,18(25)26)19(27)28/h2-8,16H,9H2,1H3,(H,23,24)(H,25,26)(H,27,28). The van der Waals surface area contributed by atoms with E-state index < -0.39 is 29.7 Å². The smallest absolute Gasteiger partial charge is 0.333 e. The monoisotopic (exact) mass is 380 g/mol. The van der Waals surface area contributed by atoms with E-state index in [9.17, 15) is 29.7 Å². The molecule has 1 aliphatic heterocycles. The lowest BCUT2D eigenvalue weighted by Crippen LogP contribution is -2.48. The molecule has 1 aromatic heterocycles. The largest absolute Gasteiger partial charge is 0.480 e. The molecule has 0 saturated heterocycles. The molecule has 8 nitrogen and oxygen atoms in total. The molecule has 0 radical (unpaired) electrons. The Bertz CT molecular complexity index is 1130. The third kappa shape index (κ3) is 2.24. The van der Waals surface area contributed by atoms with Gasteiger partial charge in [0.2, 0.25) is 0 Å². The molecule has 3 aromatic rings. The number of carboxylic acid groups (broad SMARTS) is 3. The lowest BCUT2D eigenvalue weighted by Gasteiger charge is -2.22. The number of imidazole rings is 1. The van der Waals surface area contributed by atoms with Gasteiger partial charge in [-0.15, -0.1) is 0 Å². The van der Waals surface area contributed by atoms with Crippen molar-refractivity contribution in [3.63, 3.8) is 0 Å². The second kappa shape index (κ2) is 5.91. The lowest BCUT2D eigenvalue weighted by atomic mass is 9.81. The summed E-state index contributed by atoms with van der Waals surface area (Å²) in [5.41, 5.74) is 1.07. The van der Waals surface area contributed by atoms with Gasteiger partial charge in [0, 0.05) is 12.0 Å². The zero-order chi connectivity index (χ0) is 20.2. The highest BCUT2D eigenvalue weighted by Crippen LogP contribution is 2.41. The summed E-state index contributed by atoms with van der Waals surface area (Å²) in [6.45, 7) is 1.89. The molecule has 0 saturated carbocycles. The van der Waals surface area contributed by atoms with E-state index in [2.05, 4.69) is 9.55 Å². The average molecular weight is 380 g/mol. The molecule has 1 unspecified atom stereocenters. The van der Waals surface area contributed by atoms with E-state index in [1.807, 2.05) is 31.2 Å². The molecular weight excluding hydrogens is 364 g/mol. The first kappa shape index (κ1) is 17.7. The summed E-state index contributed by atoms with van der Waals surface area (Å²) in [7, 11) is 0. The number of nitrogens with zero attached hydrogens (tertiary/aromatic N) is 2. The van der Waals surface area contributed by atoms with Crippen molar-refractivity contribution in [1.29, 1.82) is 0 Å². The van der Waals surface area contributed by atoms with Gasteiger partial charge in [-0.05, 0) is 24.1 Å². The number of benzene rings is 2. The van der Waals surface area contributed by atoms with Crippen LogP contribution in [0.5, 0.6) is 0 Å². The lowest BCUT2D eigenvalue weighted by molar-refractivity contribution is -0.175. The summed E-state index contributed by atoms with van der Waals surface area (Å²) in [6.07, 6.45) is -0.662. The molecule has 0 spiro atoms. The van der Waals surface area contributed by atoms with Crippen LogP contribution in [0.1, 0.15) is 28.6 Å². The number of hydrogen-bond donors (Lipinski definition) is 3. The summed E-state index contributed by atoms with van der Waals surface area (Å²) in [4.78, 5) is 39.1. The number of carboxylic acids is 3. The van der Waals surface area contributed by atoms with E-state index in [-0.39, 0.29) is 6.04 Å². The number of aryl methyl sites for hydroxylation is 1. The van der Waals surface area contributed by atoms with Gasteiger partial charge in [0.05, 0.1) is 17.1 Å². The molecule has 8 heteroatoms. The van der Waals surface area contributed by atoms with Crippen LogP contribution in [-0.2, 0) is 20.8 Å². The highest BCUT2D eigenvalue weighted by molar-refractivity contribution is 6.16. The third-order valence-corrected chi connectivity index (χ3v) is 5.31. The summed E-state index contributed by atoms with van der Waals surface area (Å²) >= 11 is 0. The molecule has 0 amide bonds. The molecule has 2 aromatic carbocycles. The van der Waals surface area contributed by atoms with Gasteiger partial charge >= 0.3 is 17.9 Å². The molecular formula is C20H16N2O6. The Morgan fingerprint density at radius 1 is 1.04 bits per heavy atom. The van der Waals surface area contributed by atoms with E-state index in [1.54, 1.807) is 12.1 Å². The van der Waals surface area contributed by atoms with Crippen LogP contribution in [0.25, 0.3) is 11.0 Å². The highest BCUT2D eigenvalue weighted by Gasteiger charge is 2.54. The Morgan fingerprint density at radius 2 is 1.68 bits per heavy atom. The molecule has 142 valence electrons. The van der Waals surface area contributed by atoms with Gasteiger partial charge in [0.15, 0.2) is 0 Å². The predicted octanol–water partition coefficient (Wildman–Crippen LogP) is 2.08. The average Bonchev–Trinajstić information content (AvgIpc) is 3.03. The van der Waals surface area contributed by atoms with Crippen molar-refractivity contribution in [3.05, 3.63) is 65.0 Å². The van der Waals surface area contributed by atoms with E-state index in [4.69, 9.17) is 0 Å². The maximum atomic E-state index is 11.5. The van der Waals surface area contributed by atoms with Gasteiger partial charge < -0.3 is 19.9 Å². The molecule has 4 bridgehead atoms. The molecule has 0 fully saturated rings. The van der Waals surface area contributed by atoms with Gasteiger partial charge in [-0.1, -0.05) is 36.4 Å². The fraction of sp³-hybridized carbons (Fsp3) is 0.200. The fourth-order valence-corrected chi connectivity index (χ4v) is 3.95. The van der Waals surface area contributed by atoms with Crippen LogP contribution in [0.4, 0.5) is 0 Å². The summed E-state index contributed by atoms with van der Waals surface area (Å²) in [6, 6.07) is 12.4. The maximum absolute atomic E-state index is 11.5. The van der Waals surface area contributed by atoms with E-state index >= 15 is 0 Å². The Kier molecular flexibility index (Phi) is 3.74. The first-order valence-corrected chi connectivity index (χ1v) is 8.54. The molecule has 2 heterocycles. The fourth-order valence-electron chi connectivity index (χ4n) is 3.95. The Hall–Kier alpha value is -3.68. The molecule has 1 aliphatic rings. The SMILES string of the molecule is Cc1nc2c3cccc2n1C3c1cccc(CC(C(=O)O)(C(=O)O)C(=O)O)c1. The first-order valence-electron chi connectivity index (χ1n) is 8.54. The van der Waals surface area contributed by atoms with Gasteiger partial charge in [0.25, 0.3) is 5.41 Å². The number of para-hydroxylation sites is 1. The van der Waals surface area contributed by atoms with E-state index in [1.165, 1.54) is 6.07 Å². The molecule has 1 atom stereocenters. The Morgan fingerprint density at radius 3 is 2.29 bits per heavy atom. The van der Waals surface area contributed by atoms with Crippen molar-refractivity contribution in [2.45, 2.75) is 19.4 Å². The maximum Gasteiger partial charge on any atom is 0.333 e. The van der Waals surface area contributed by atoms with Crippen LogP contribution < -0.4 is 0 Å². The highest BCUT2D eigenvalue weighted by atomic mass is 16.4.